The zero-order valence-electron chi connectivity index (χ0n) is 13.1. The Labute approximate surface area is 140 Å². The molecule has 0 heterocycles. The molecule has 4 nitrogen and oxygen atoms in total. The fourth-order valence-electron chi connectivity index (χ4n) is 2.05. The van der Waals surface area contributed by atoms with Gasteiger partial charge in [-0.25, -0.2) is 0 Å². The lowest BCUT2D eigenvalue weighted by Crippen LogP contribution is -2.26. The minimum atomic E-state index is -5.60. The summed E-state index contributed by atoms with van der Waals surface area (Å²) in [5.41, 5.74) is -0.499. The van der Waals surface area contributed by atoms with Crippen LogP contribution in [-0.4, -0.2) is 26.1 Å². The third kappa shape index (κ3) is 6.69. The van der Waals surface area contributed by atoms with Crippen LogP contribution in [-0.2, 0) is 0 Å². The van der Waals surface area contributed by atoms with Crippen LogP contribution in [0.3, 0.4) is 0 Å². The number of halogens is 9. The molecule has 1 rings (SSSR count). The van der Waals surface area contributed by atoms with Crippen LogP contribution in [0.4, 0.5) is 39.5 Å². The van der Waals surface area contributed by atoms with E-state index in [1.807, 2.05) is 0 Å². The molecule has 0 fully saturated rings. The van der Waals surface area contributed by atoms with E-state index in [0.29, 0.717) is 6.07 Å². The zero-order valence-corrected chi connectivity index (χ0v) is 13.1. The molecule has 0 spiro atoms. The van der Waals surface area contributed by atoms with Gasteiger partial charge in [-0.2, -0.15) is 0 Å². The molecule has 0 aliphatic heterocycles. The topological polar surface area (TPSA) is 39.7 Å². The lowest BCUT2D eigenvalue weighted by atomic mass is 10.0. The van der Waals surface area contributed by atoms with Crippen molar-refractivity contribution in [3.05, 3.63) is 17.7 Å². The molecule has 1 aromatic carbocycles. The Morgan fingerprint density at radius 1 is 0.808 bits per heavy atom. The molecule has 1 N–H and O–H groups in total. The normalized spacial score (nSPS) is 14.1. The van der Waals surface area contributed by atoms with Crippen LogP contribution in [0.15, 0.2) is 12.1 Å². The highest BCUT2D eigenvalue weighted by Gasteiger charge is 2.42. The number of ether oxygens (including phenoxy) is 3. The average molecular weight is 401 g/mol. The average Bonchev–Trinajstić information content (AvgIpc) is 2.41. The van der Waals surface area contributed by atoms with Crippen molar-refractivity contribution >= 4 is 0 Å². The van der Waals surface area contributed by atoms with E-state index in [-0.39, 0.29) is 6.42 Å². The summed E-state index contributed by atoms with van der Waals surface area (Å²) in [5.74, 6) is -5.11. The number of benzene rings is 1. The van der Waals surface area contributed by atoms with Gasteiger partial charge in [-0.1, -0.05) is 6.92 Å². The first kappa shape index (κ1) is 22.0. The lowest BCUT2D eigenvalue weighted by Gasteiger charge is -2.24. The second-order valence-corrected chi connectivity index (χ2v) is 4.70. The van der Waals surface area contributed by atoms with Crippen molar-refractivity contribution in [1.29, 1.82) is 0 Å². The molecule has 0 amide bonds. The van der Waals surface area contributed by atoms with Gasteiger partial charge in [0.1, 0.15) is 0 Å². The molecule has 1 unspecified atom stereocenters. The summed E-state index contributed by atoms with van der Waals surface area (Å²) in [6.07, 6.45) is -16.5. The van der Waals surface area contributed by atoms with Crippen molar-refractivity contribution in [3.8, 4) is 17.2 Å². The molecular weight excluding hydrogens is 389 g/mol. The van der Waals surface area contributed by atoms with Gasteiger partial charge >= 0.3 is 19.1 Å². The molecule has 1 aromatic rings. The number of hydrogen-bond donors (Lipinski definition) is 1. The maximum atomic E-state index is 12.6. The maximum Gasteiger partial charge on any atom is 0.573 e. The molecule has 0 aliphatic rings. The van der Waals surface area contributed by atoms with E-state index in [1.54, 1.807) is 0 Å². The molecule has 13 heteroatoms. The number of alkyl halides is 9. The Morgan fingerprint density at radius 2 is 1.27 bits per heavy atom. The van der Waals surface area contributed by atoms with Crippen LogP contribution in [0.5, 0.6) is 17.2 Å². The van der Waals surface area contributed by atoms with Gasteiger partial charge in [0.2, 0.25) is 5.75 Å². The predicted octanol–water partition coefficient (Wildman–Crippen LogP) is 5.05. The summed E-state index contributed by atoms with van der Waals surface area (Å²) in [4.78, 5) is 0. The molecule has 0 aromatic heterocycles. The van der Waals surface area contributed by atoms with Crippen LogP contribution in [0.2, 0.25) is 0 Å². The van der Waals surface area contributed by atoms with E-state index < -0.39 is 47.9 Å². The van der Waals surface area contributed by atoms with Crippen molar-refractivity contribution in [1.82, 2.24) is 5.32 Å². The fraction of sp³-hybridized carbons (Fsp3) is 0.538. The van der Waals surface area contributed by atoms with Crippen LogP contribution in [0, 0.1) is 0 Å². The van der Waals surface area contributed by atoms with E-state index in [1.165, 1.54) is 14.0 Å². The fourth-order valence-corrected chi connectivity index (χ4v) is 2.05. The summed E-state index contributed by atoms with van der Waals surface area (Å²) in [5, 5.41) is 2.50. The monoisotopic (exact) mass is 401 g/mol. The molecule has 150 valence electrons. The SMILES string of the molecule is CCC(NC)c1ccc(OC(F)(F)F)c(OC(F)(F)F)c1OC(F)(F)F. The highest BCUT2D eigenvalue weighted by Crippen LogP contribution is 2.48. The smallest absolute Gasteiger partial charge is 0.402 e. The van der Waals surface area contributed by atoms with Gasteiger partial charge in [0.05, 0.1) is 0 Å². The standard InChI is InChI=1S/C13H12F9NO3/c1-3-7(23-2)6-4-5-8(24-11(14,15)16)10(26-13(20,21)22)9(6)25-12(17,18)19/h4-5,7,23H,3H2,1-2H3. The largest absolute Gasteiger partial charge is 0.573 e. The van der Waals surface area contributed by atoms with E-state index in [4.69, 9.17) is 0 Å². The van der Waals surface area contributed by atoms with Crippen molar-refractivity contribution in [2.75, 3.05) is 7.05 Å². The van der Waals surface area contributed by atoms with Crippen molar-refractivity contribution < 1.29 is 53.7 Å². The first-order valence-corrected chi connectivity index (χ1v) is 6.78. The van der Waals surface area contributed by atoms with Gasteiger partial charge in [-0.3, -0.25) is 0 Å². The van der Waals surface area contributed by atoms with E-state index in [0.717, 1.165) is 6.07 Å². The molecule has 0 radical (unpaired) electrons. The molecular formula is C13H12F9NO3. The van der Waals surface area contributed by atoms with Crippen molar-refractivity contribution in [2.24, 2.45) is 0 Å². The third-order valence-corrected chi connectivity index (χ3v) is 2.90. The number of nitrogens with one attached hydrogen (secondary N) is 1. The Kier molecular flexibility index (Phi) is 6.49. The zero-order chi connectivity index (χ0) is 20.3. The Bertz CT molecular complexity index is 607. The minimum absolute atomic E-state index is 0.0790. The molecule has 0 bridgehead atoms. The van der Waals surface area contributed by atoms with Crippen LogP contribution >= 0.6 is 0 Å². The number of rotatable bonds is 6. The van der Waals surface area contributed by atoms with Gasteiger partial charge in [0.25, 0.3) is 0 Å². The minimum Gasteiger partial charge on any atom is -0.402 e. The van der Waals surface area contributed by atoms with E-state index in [2.05, 4.69) is 19.5 Å². The van der Waals surface area contributed by atoms with Gasteiger partial charge in [0, 0.05) is 11.6 Å². The quantitative estimate of drug-likeness (QED) is 0.677. The van der Waals surface area contributed by atoms with Gasteiger partial charge in [0.15, 0.2) is 11.5 Å². The highest BCUT2D eigenvalue weighted by molar-refractivity contribution is 5.57. The van der Waals surface area contributed by atoms with E-state index in [9.17, 15) is 39.5 Å². The second kappa shape index (κ2) is 7.68. The third-order valence-electron chi connectivity index (χ3n) is 2.90. The maximum absolute atomic E-state index is 12.6. The summed E-state index contributed by atoms with van der Waals surface area (Å²) in [6.45, 7) is 1.48. The van der Waals surface area contributed by atoms with Crippen molar-refractivity contribution in [3.63, 3.8) is 0 Å². The Hall–Kier alpha value is -2.05. The first-order valence-electron chi connectivity index (χ1n) is 6.78. The summed E-state index contributed by atoms with van der Waals surface area (Å²) >= 11 is 0. The van der Waals surface area contributed by atoms with Crippen LogP contribution < -0.4 is 19.5 Å². The molecule has 0 saturated heterocycles. The van der Waals surface area contributed by atoms with Crippen molar-refractivity contribution in [2.45, 2.75) is 38.5 Å². The predicted molar refractivity (Wildman–Crippen MR) is 68.6 cm³/mol. The van der Waals surface area contributed by atoms with Gasteiger partial charge in [-0.05, 0) is 25.6 Å². The van der Waals surface area contributed by atoms with E-state index >= 15 is 0 Å². The van der Waals surface area contributed by atoms with Crippen LogP contribution in [0.1, 0.15) is 24.9 Å². The first-order chi connectivity index (χ1) is 11.7. The Balaban J connectivity index is 3.67. The lowest BCUT2D eigenvalue weighted by molar-refractivity contribution is -0.293. The van der Waals surface area contributed by atoms with Crippen LogP contribution in [0.25, 0.3) is 0 Å². The summed E-state index contributed by atoms with van der Waals surface area (Å²) in [6, 6.07) is 0.159. The summed E-state index contributed by atoms with van der Waals surface area (Å²) in [7, 11) is 1.29. The Morgan fingerprint density at radius 3 is 1.65 bits per heavy atom. The van der Waals surface area contributed by atoms with Gasteiger partial charge in [-0.15, -0.1) is 39.5 Å². The molecule has 0 aliphatic carbocycles. The van der Waals surface area contributed by atoms with Gasteiger partial charge < -0.3 is 19.5 Å². The molecule has 26 heavy (non-hydrogen) atoms. The highest BCUT2D eigenvalue weighted by atomic mass is 19.4. The summed E-state index contributed by atoms with van der Waals surface area (Å²) < 4.78 is 123. The molecule has 1 atom stereocenters. The molecule has 0 saturated carbocycles. The second-order valence-electron chi connectivity index (χ2n) is 4.70. The number of hydrogen-bond acceptors (Lipinski definition) is 4.